The fourth-order valence-electron chi connectivity index (χ4n) is 2.23. The number of ether oxygens (including phenoxy) is 1. The summed E-state index contributed by atoms with van der Waals surface area (Å²) in [4.78, 5) is 8.41. The third kappa shape index (κ3) is 7.24. The summed E-state index contributed by atoms with van der Waals surface area (Å²) >= 11 is 0. The Hall–Kier alpha value is -1.75. The van der Waals surface area contributed by atoms with Crippen LogP contribution in [0, 0.1) is 5.82 Å². The van der Waals surface area contributed by atoms with Gasteiger partial charge in [-0.05, 0) is 38.0 Å². The number of nitrogens with zero attached hydrogens (tertiary/aromatic N) is 3. The summed E-state index contributed by atoms with van der Waals surface area (Å²) in [5.41, 5.74) is 0.925. The second-order valence-electron chi connectivity index (χ2n) is 5.38. The Balaban J connectivity index is 0.00000338. The largest absolute Gasteiger partial charge is 0.371 e. The van der Waals surface area contributed by atoms with Crippen molar-refractivity contribution in [1.29, 1.82) is 0 Å². The van der Waals surface area contributed by atoms with E-state index in [2.05, 4.69) is 25.8 Å². The van der Waals surface area contributed by atoms with E-state index in [0.717, 1.165) is 5.56 Å². The van der Waals surface area contributed by atoms with E-state index in [1.54, 1.807) is 13.1 Å². The van der Waals surface area contributed by atoms with Crippen LogP contribution in [-0.2, 0) is 17.7 Å². The third-order valence-corrected chi connectivity index (χ3v) is 3.49. The number of halogens is 2. The van der Waals surface area contributed by atoms with E-state index < -0.39 is 0 Å². The van der Waals surface area contributed by atoms with Crippen molar-refractivity contribution < 1.29 is 13.7 Å². The van der Waals surface area contributed by atoms with Crippen molar-refractivity contribution in [2.24, 2.45) is 4.99 Å². The van der Waals surface area contributed by atoms with Crippen molar-refractivity contribution in [1.82, 2.24) is 20.8 Å². The van der Waals surface area contributed by atoms with Crippen LogP contribution < -0.4 is 10.6 Å². The molecule has 1 unspecified atom stereocenters. The van der Waals surface area contributed by atoms with Gasteiger partial charge in [0.05, 0.1) is 6.54 Å². The maximum atomic E-state index is 13.1. The zero-order chi connectivity index (χ0) is 18.1. The highest BCUT2D eigenvalue weighted by Gasteiger charge is 2.13. The van der Waals surface area contributed by atoms with E-state index in [1.807, 2.05) is 19.9 Å². The number of aliphatic imine (C=N–C) groups is 1. The lowest BCUT2D eigenvalue weighted by molar-refractivity contribution is 0.0683. The molecule has 0 aliphatic carbocycles. The Morgan fingerprint density at radius 2 is 2.19 bits per heavy atom. The molecule has 0 aliphatic rings. The van der Waals surface area contributed by atoms with Crippen molar-refractivity contribution in [2.45, 2.75) is 32.9 Å². The van der Waals surface area contributed by atoms with Gasteiger partial charge in [-0.1, -0.05) is 17.3 Å². The van der Waals surface area contributed by atoms with Crippen molar-refractivity contribution in [2.75, 3.05) is 20.2 Å². The predicted molar refractivity (Wildman–Crippen MR) is 108 cm³/mol. The van der Waals surface area contributed by atoms with Crippen LogP contribution in [0.3, 0.4) is 0 Å². The van der Waals surface area contributed by atoms with Crippen molar-refractivity contribution in [3.05, 3.63) is 47.4 Å². The van der Waals surface area contributed by atoms with Gasteiger partial charge >= 0.3 is 0 Å². The van der Waals surface area contributed by atoms with E-state index in [9.17, 15) is 4.39 Å². The Labute approximate surface area is 169 Å². The van der Waals surface area contributed by atoms with Crippen LogP contribution in [0.5, 0.6) is 0 Å². The molecule has 2 aromatic rings. The number of aromatic nitrogens is 2. The summed E-state index contributed by atoms with van der Waals surface area (Å²) in [5.74, 6) is 1.35. The lowest BCUT2D eigenvalue weighted by Crippen LogP contribution is -2.37. The van der Waals surface area contributed by atoms with E-state index in [-0.39, 0.29) is 35.9 Å². The lowest BCUT2D eigenvalue weighted by Gasteiger charge is -2.10. The zero-order valence-electron chi connectivity index (χ0n) is 15.2. The molecule has 2 N–H and O–H groups in total. The van der Waals surface area contributed by atoms with Gasteiger partial charge in [0.15, 0.2) is 11.8 Å². The topological polar surface area (TPSA) is 84.6 Å². The molecule has 1 heterocycles. The zero-order valence-corrected chi connectivity index (χ0v) is 17.5. The second kappa shape index (κ2) is 11.8. The summed E-state index contributed by atoms with van der Waals surface area (Å²) in [6, 6.07) is 6.55. The number of nitrogens with one attached hydrogen (secondary N) is 2. The first-order valence-electron chi connectivity index (χ1n) is 8.25. The molecule has 0 fully saturated rings. The number of hydrogen-bond donors (Lipinski definition) is 2. The van der Waals surface area contributed by atoms with Crippen LogP contribution >= 0.6 is 24.0 Å². The van der Waals surface area contributed by atoms with Gasteiger partial charge in [-0.3, -0.25) is 4.99 Å². The van der Waals surface area contributed by atoms with Crippen molar-refractivity contribution >= 4 is 29.9 Å². The third-order valence-electron chi connectivity index (χ3n) is 3.49. The summed E-state index contributed by atoms with van der Waals surface area (Å²) in [7, 11) is 1.67. The first-order chi connectivity index (χ1) is 12.1. The standard InChI is InChI=1S/C17H24FN5O2.HI/c1-4-24-12(2)16-22-15(25-23-16)11-21-17(19-3)20-9-8-13-6-5-7-14(18)10-13;/h5-7,10,12H,4,8-9,11H2,1-3H3,(H2,19,20,21);1H. The molecule has 0 amide bonds. The van der Waals surface area contributed by atoms with E-state index in [0.29, 0.717) is 43.8 Å². The molecule has 0 aliphatic heterocycles. The molecule has 0 bridgehead atoms. The maximum Gasteiger partial charge on any atom is 0.246 e. The highest BCUT2D eigenvalue weighted by Crippen LogP contribution is 2.12. The normalized spacial score (nSPS) is 12.4. The first kappa shape index (κ1) is 22.3. The molecular weight excluding hydrogens is 452 g/mol. The van der Waals surface area contributed by atoms with Crippen LogP contribution in [-0.4, -0.2) is 36.3 Å². The molecule has 7 nitrogen and oxygen atoms in total. The monoisotopic (exact) mass is 477 g/mol. The van der Waals surface area contributed by atoms with Gasteiger partial charge in [0, 0.05) is 20.2 Å². The molecule has 144 valence electrons. The van der Waals surface area contributed by atoms with E-state index >= 15 is 0 Å². The van der Waals surface area contributed by atoms with Gasteiger partial charge in [0.2, 0.25) is 5.89 Å². The average molecular weight is 477 g/mol. The van der Waals surface area contributed by atoms with Crippen LogP contribution in [0.2, 0.25) is 0 Å². The highest BCUT2D eigenvalue weighted by molar-refractivity contribution is 14.0. The minimum Gasteiger partial charge on any atom is -0.371 e. The van der Waals surface area contributed by atoms with Gasteiger partial charge in [-0.15, -0.1) is 24.0 Å². The first-order valence-corrected chi connectivity index (χ1v) is 8.25. The molecule has 0 radical (unpaired) electrons. The predicted octanol–water partition coefficient (Wildman–Crippen LogP) is 2.83. The Bertz CT molecular complexity index is 695. The van der Waals surface area contributed by atoms with E-state index in [4.69, 9.17) is 9.26 Å². The summed E-state index contributed by atoms with van der Waals surface area (Å²) in [6.07, 6.45) is 0.487. The van der Waals surface area contributed by atoms with Crippen LogP contribution in [0.15, 0.2) is 33.8 Å². The van der Waals surface area contributed by atoms with Gasteiger partial charge in [-0.25, -0.2) is 4.39 Å². The van der Waals surface area contributed by atoms with E-state index in [1.165, 1.54) is 12.1 Å². The van der Waals surface area contributed by atoms with Crippen molar-refractivity contribution in [3.63, 3.8) is 0 Å². The maximum absolute atomic E-state index is 13.1. The number of guanidine groups is 1. The quantitative estimate of drug-likeness (QED) is 0.346. The number of rotatable bonds is 8. The Kier molecular flexibility index (Phi) is 10.1. The highest BCUT2D eigenvalue weighted by atomic mass is 127. The SMILES string of the molecule is CCOC(C)c1noc(CNC(=NC)NCCc2cccc(F)c2)n1.I. The molecule has 0 saturated carbocycles. The van der Waals surface area contributed by atoms with Crippen LogP contribution in [0.1, 0.15) is 37.2 Å². The van der Waals surface area contributed by atoms with Gasteiger partial charge in [0.25, 0.3) is 0 Å². The molecule has 9 heteroatoms. The molecular formula is C17H25FIN5O2. The van der Waals surface area contributed by atoms with Crippen LogP contribution in [0.4, 0.5) is 4.39 Å². The summed E-state index contributed by atoms with van der Waals surface area (Å²) < 4.78 is 23.8. The minimum absolute atomic E-state index is 0. The fourth-order valence-corrected chi connectivity index (χ4v) is 2.23. The molecule has 1 aromatic heterocycles. The van der Waals surface area contributed by atoms with Gasteiger partial charge in [-0.2, -0.15) is 4.98 Å². The van der Waals surface area contributed by atoms with Crippen LogP contribution in [0.25, 0.3) is 0 Å². The summed E-state index contributed by atoms with van der Waals surface area (Å²) in [5, 5.41) is 10.2. The molecule has 0 saturated heterocycles. The smallest absolute Gasteiger partial charge is 0.246 e. The summed E-state index contributed by atoms with van der Waals surface area (Å²) in [6.45, 7) is 5.35. The minimum atomic E-state index is -0.228. The average Bonchev–Trinajstić information content (AvgIpc) is 3.07. The molecule has 2 rings (SSSR count). The molecule has 0 spiro atoms. The Morgan fingerprint density at radius 3 is 2.88 bits per heavy atom. The molecule has 1 aromatic carbocycles. The second-order valence-corrected chi connectivity index (χ2v) is 5.38. The molecule has 1 atom stereocenters. The van der Waals surface area contributed by atoms with Gasteiger partial charge < -0.3 is 19.9 Å². The number of hydrogen-bond acceptors (Lipinski definition) is 5. The Morgan fingerprint density at radius 1 is 1.38 bits per heavy atom. The lowest BCUT2D eigenvalue weighted by atomic mass is 10.1. The van der Waals surface area contributed by atoms with Gasteiger partial charge in [0.1, 0.15) is 11.9 Å². The number of benzene rings is 1. The van der Waals surface area contributed by atoms with Crippen molar-refractivity contribution in [3.8, 4) is 0 Å². The fraction of sp³-hybridized carbons (Fsp3) is 0.471. The molecule has 26 heavy (non-hydrogen) atoms.